The maximum Gasteiger partial charge on any atom is 0.265 e. The molecule has 0 amide bonds. The van der Waals surface area contributed by atoms with Crippen LogP contribution in [0.15, 0.2) is 5.11 Å². The summed E-state index contributed by atoms with van der Waals surface area (Å²) in [5, 5.41) is 116. The van der Waals surface area contributed by atoms with E-state index in [-0.39, 0.29) is 0 Å². The van der Waals surface area contributed by atoms with Crippen LogP contribution in [0.2, 0.25) is 0 Å². The Labute approximate surface area is 303 Å². The van der Waals surface area contributed by atoms with E-state index in [1.54, 1.807) is 0 Å². The lowest BCUT2D eigenvalue weighted by atomic mass is 9.94. The van der Waals surface area contributed by atoms with Gasteiger partial charge in [0.1, 0.15) is 85.4 Å². The highest BCUT2D eigenvalue weighted by Gasteiger charge is 2.56. The third-order valence-corrected chi connectivity index (χ3v) is 9.30. The summed E-state index contributed by atoms with van der Waals surface area (Å²) in [5.74, 6) is -1.04. The van der Waals surface area contributed by atoms with E-state index in [1.165, 1.54) is 13.8 Å². The van der Waals surface area contributed by atoms with Crippen LogP contribution in [0.5, 0.6) is 0 Å². The Bertz CT molecular complexity index is 1220. The lowest BCUT2D eigenvalue weighted by Crippen LogP contribution is -2.68. The van der Waals surface area contributed by atoms with Gasteiger partial charge in [0.15, 0.2) is 18.9 Å². The molecule has 0 aromatic rings. The quantitative estimate of drug-likeness (QED) is 0.0250. The van der Waals surface area contributed by atoms with Crippen molar-refractivity contribution in [2.75, 3.05) is 13.2 Å². The van der Waals surface area contributed by atoms with Crippen molar-refractivity contribution in [1.82, 2.24) is 0 Å². The summed E-state index contributed by atoms with van der Waals surface area (Å²) in [5.41, 5.74) is 9.50. The molecule has 9 unspecified atom stereocenters. The van der Waals surface area contributed by atoms with Crippen LogP contribution in [0.3, 0.4) is 0 Å². The van der Waals surface area contributed by atoms with Gasteiger partial charge in [0, 0.05) is 4.91 Å². The van der Waals surface area contributed by atoms with Gasteiger partial charge in [0.2, 0.25) is 12.2 Å². The summed E-state index contributed by atoms with van der Waals surface area (Å²) < 4.78 is 43.1. The number of aliphatic hydroxyl groups excluding tert-OH is 10. The van der Waals surface area contributed by atoms with Crippen LogP contribution in [0.25, 0.3) is 10.4 Å². The first-order valence-corrected chi connectivity index (χ1v) is 16.6. The van der Waals surface area contributed by atoms with Crippen molar-refractivity contribution in [2.45, 2.75) is 140 Å². The standard InChI is InChI=1S/C26H41Cl3N4O18/c1-5-10(36)13(39)16(42)22(44-5)49-19-9(32-33-31)21(51-25(30)26(27,28)29)47-8(4-35)18(19)48-24-20(15(41)12(38)7(3-34)46-24)50-23-17(43)14(40)11(37)6(2)45-23/h5-24,30,34-43H,3-4H2,1-2H3/t5?,6?,7?,8?,9?,10-,11+,12+,13-,14?,15+,16?,17+,18-,19-,20?,21+,22+,23?,24+/m1/s1. The topological polar surface area (TPSA) is 349 Å². The second-order valence-electron chi connectivity index (χ2n) is 12.2. The second kappa shape index (κ2) is 17.6. The largest absolute Gasteiger partial charge is 0.448 e. The summed E-state index contributed by atoms with van der Waals surface area (Å²) in [6.45, 7) is 0.814. The predicted molar refractivity (Wildman–Crippen MR) is 165 cm³/mol. The smallest absolute Gasteiger partial charge is 0.265 e. The zero-order valence-electron chi connectivity index (χ0n) is 26.7. The molecule has 20 atom stereocenters. The average Bonchev–Trinajstić information content (AvgIpc) is 3.08. The summed E-state index contributed by atoms with van der Waals surface area (Å²) in [6, 6.07) is -1.79. The number of halogens is 3. The molecule has 0 aromatic carbocycles. The Balaban J connectivity index is 1.74. The first-order valence-electron chi connectivity index (χ1n) is 15.5. The monoisotopic (exact) mass is 802 g/mol. The third-order valence-electron chi connectivity index (χ3n) is 8.79. The molecular formula is C26H41Cl3N4O18. The molecule has 0 radical (unpaired) electrons. The summed E-state index contributed by atoms with van der Waals surface area (Å²) in [4.78, 5) is 2.74. The minimum absolute atomic E-state index is 0.892. The fourth-order valence-electron chi connectivity index (χ4n) is 5.85. The van der Waals surface area contributed by atoms with Gasteiger partial charge in [-0.05, 0) is 19.4 Å². The molecule has 11 N–H and O–H groups in total. The molecule has 0 aliphatic carbocycles. The molecule has 0 aromatic heterocycles. The van der Waals surface area contributed by atoms with Crippen LogP contribution in [0.4, 0.5) is 0 Å². The van der Waals surface area contributed by atoms with Crippen molar-refractivity contribution in [3.05, 3.63) is 10.4 Å². The molecule has 0 bridgehead atoms. The molecule has 0 spiro atoms. The van der Waals surface area contributed by atoms with E-state index in [1.807, 2.05) is 0 Å². The molecule has 4 aliphatic rings. The Morgan fingerprint density at radius 2 is 1.12 bits per heavy atom. The lowest BCUT2D eigenvalue weighted by molar-refractivity contribution is -0.390. The van der Waals surface area contributed by atoms with Crippen LogP contribution in [0.1, 0.15) is 13.8 Å². The van der Waals surface area contributed by atoms with Gasteiger partial charge < -0.3 is 89.0 Å². The number of hydrogen-bond donors (Lipinski definition) is 11. The number of nitrogens with one attached hydrogen (secondary N) is 1. The summed E-state index contributed by atoms with van der Waals surface area (Å²) >= 11 is 17.3. The maximum atomic E-state index is 11.1. The van der Waals surface area contributed by atoms with E-state index in [2.05, 4.69) is 10.0 Å². The number of alkyl halides is 3. The van der Waals surface area contributed by atoms with Crippen LogP contribution < -0.4 is 0 Å². The minimum Gasteiger partial charge on any atom is -0.448 e. The Morgan fingerprint density at radius 1 is 0.647 bits per heavy atom. The van der Waals surface area contributed by atoms with Gasteiger partial charge in [-0.25, -0.2) is 0 Å². The zero-order chi connectivity index (χ0) is 38.1. The molecule has 25 heteroatoms. The number of nitrogens with zero attached hydrogens (tertiary/aromatic N) is 3. The number of aliphatic hydroxyl groups is 10. The molecule has 4 aliphatic heterocycles. The van der Waals surface area contributed by atoms with Gasteiger partial charge in [0.25, 0.3) is 3.79 Å². The average molecular weight is 804 g/mol. The highest BCUT2D eigenvalue weighted by molar-refractivity contribution is 6.76. The van der Waals surface area contributed by atoms with Crippen LogP contribution in [0, 0.1) is 5.41 Å². The highest BCUT2D eigenvalue weighted by atomic mass is 35.6. The first-order chi connectivity index (χ1) is 23.9. The molecular weight excluding hydrogens is 763 g/mol. The van der Waals surface area contributed by atoms with E-state index in [0.717, 1.165) is 0 Å². The van der Waals surface area contributed by atoms with Crippen molar-refractivity contribution in [3.63, 3.8) is 0 Å². The number of hydrogen-bond acceptors (Lipinski definition) is 20. The van der Waals surface area contributed by atoms with Crippen LogP contribution in [-0.2, 0) is 37.9 Å². The van der Waals surface area contributed by atoms with Crippen molar-refractivity contribution in [1.29, 1.82) is 5.41 Å². The molecule has 4 saturated heterocycles. The minimum atomic E-state index is -2.47. The Hall–Kier alpha value is -1.03. The summed E-state index contributed by atoms with van der Waals surface area (Å²) in [7, 11) is 0. The fraction of sp³-hybridized carbons (Fsp3) is 0.962. The number of rotatable bonds is 10. The van der Waals surface area contributed by atoms with Gasteiger partial charge >= 0.3 is 0 Å². The molecule has 4 rings (SSSR count). The molecule has 0 saturated carbocycles. The first kappa shape index (κ1) is 42.7. The summed E-state index contributed by atoms with van der Waals surface area (Å²) in [6.07, 6.45) is -32.8. The SMILES string of the molecule is CC1OC(OC2[C@H](O[C@@H]3C(CO)O[C@@H](OC(=N)C(Cl)(Cl)Cl)C(N=[N+]=[N-])[C@H]3O[C@@H]3OC(C)[C@@H](O)[C@@H](O)C3O)OC(CO)[C@H](O)[C@@H]2O)[C@@H](O)C(O)[C@H]1O. The number of azide groups is 1. The normalized spacial score (nSPS) is 48.1. The van der Waals surface area contributed by atoms with Crippen LogP contribution in [-0.4, -0.2) is 197 Å². The predicted octanol–water partition coefficient (Wildman–Crippen LogP) is -4.00. The van der Waals surface area contributed by atoms with Gasteiger partial charge in [-0.3, -0.25) is 5.41 Å². The zero-order valence-corrected chi connectivity index (χ0v) is 28.9. The molecule has 22 nitrogen and oxygen atoms in total. The van der Waals surface area contributed by atoms with Gasteiger partial charge in [-0.15, -0.1) is 0 Å². The molecule has 294 valence electrons. The van der Waals surface area contributed by atoms with Crippen molar-refractivity contribution < 1.29 is 89.0 Å². The van der Waals surface area contributed by atoms with Gasteiger partial charge in [0.05, 0.1) is 25.4 Å². The van der Waals surface area contributed by atoms with E-state index in [4.69, 9.17) is 78.1 Å². The third kappa shape index (κ3) is 9.27. The molecule has 51 heavy (non-hydrogen) atoms. The van der Waals surface area contributed by atoms with Crippen molar-refractivity contribution in [3.8, 4) is 0 Å². The van der Waals surface area contributed by atoms with Crippen LogP contribution >= 0.6 is 34.8 Å². The molecule has 4 heterocycles. The Morgan fingerprint density at radius 3 is 1.59 bits per heavy atom. The highest BCUT2D eigenvalue weighted by Crippen LogP contribution is 2.38. The fourth-order valence-corrected chi connectivity index (χ4v) is 5.98. The maximum absolute atomic E-state index is 11.1. The number of ether oxygens (including phenoxy) is 8. The van der Waals surface area contributed by atoms with Gasteiger partial charge in [-0.1, -0.05) is 39.9 Å². The van der Waals surface area contributed by atoms with Gasteiger partial charge in [-0.2, -0.15) is 0 Å². The van der Waals surface area contributed by atoms with Crippen molar-refractivity contribution in [2.24, 2.45) is 5.11 Å². The van der Waals surface area contributed by atoms with Crippen molar-refractivity contribution >= 4 is 40.7 Å². The Kier molecular flexibility index (Phi) is 14.8. The second-order valence-corrected chi connectivity index (χ2v) is 14.5. The van der Waals surface area contributed by atoms with E-state index in [0.29, 0.717) is 0 Å². The van der Waals surface area contributed by atoms with E-state index < -0.39 is 146 Å². The van der Waals surface area contributed by atoms with E-state index in [9.17, 15) is 56.6 Å². The lowest BCUT2D eigenvalue weighted by Gasteiger charge is -2.50. The molecule has 4 fully saturated rings. The van der Waals surface area contributed by atoms with E-state index >= 15 is 0 Å².